The molecule has 1 heterocycles. The number of nitrogens with zero attached hydrogens (tertiary/aromatic N) is 3. The van der Waals surface area contributed by atoms with Gasteiger partial charge < -0.3 is 5.32 Å². The summed E-state index contributed by atoms with van der Waals surface area (Å²) in [5, 5.41) is 2.74. The molecular formula is C22H24N4O3S. The van der Waals surface area contributed by atoms with Gasteiger partial charge in [0.1, 0.15) is 12.9 Å². The molecule has 7 nitrogen and oxygen atoms in total. The predicted molar refractivity (Wildman–Crippen MR) is 116 cm³/mol. The highest BCUT2D eigenvalue weighted by atomic mass is 32.2. The van der Waals surface area contributed by atoms with Crippen molar-refractivity contribution in [2.24, 2.45) is 0 Å². The Balaban J connectivity index is 1.92. The Kier molecular flexibility index (Phi) is 6.47. The zero-order valence-corrected chi connectivity index (χ0v) is 18.0. The summed E-state index contributed by atoms with van der Waals surface area (Å²) in [4.78, 5) is 20.6. The number of benzene rings is 2. The van der Waals surface area contributed by atoms with Gasteiger partial charge in [-0.1, -0.05) is 29.8 Å². The molecule has 0 bridgehead atoms. The van der Waals surface area contributed by atoms with Crippen LogP contribution in [-0.4, -0.2) is 30.8 Å². The van der Waals surface area contributed by atoms with Crippen LogP contribution in [0.1, 0.15) is 22.3 Å². The SMILES string of the molecule is Cc1ccc(S(=O)(=O)N(CC(=O)NCc2cncnc2)c2cccc(C)c2C)cc1. The minimum atomic E-state index is -3.94. The van der Waals surface area contributed by atoms with Crippen LogP contribution in [0.4, 0.5) is 5.69 Å². The summed E-state index contributed by atoms with van der Waals surface area (Å²) in [6, 6.07) is 12.0. The van der Waals surface area contributed by atoms with Crippen LogP contribution in [0.25, 0.3) is 0 Å². The number of sulfonamides is 1. The molecule has 0 saturated heterocycles. The van der Waals surface area contributed by atoms with Gasteiger partial charge in [0.2, 0.25) is 5.91 Å². The van der Waals surface area contributed by atoms with Crippen LogP contribution in [0, 0.1) is 20.8 Å². The number of aryl methyl sites for hydroxylation is 2. The van der Waals surface area contributed by atoms with E-state index in [0.717, 1.165) is 26.6 Å². The van der Waals surface area contributed by atoms with E-state index in [2.05, 4.69) is 15.3 Å². The van der Waals surface area contributed by atoms with Crippen LogP contribution < -0.4 is 9.62 Å². The smallest absolute Gasteiger partial charge is 0.264 e. The van der Waals surface area contributed by atoms with E-state index in [9.17, 15) is 13.2 Å². The number of amides is 1. The molecule has 0 saturated carbocycles. The molecule has 0 fully saturated rings. The first-order chi connectivity index (χ1) is 14.3. The summed E-state index contributed by atoms with van der Waals surface area (Å²) in [6.45, 7) is 5.52. The number of aromatic nitrogens is 2. The van der Waals surface area contributed by atoms with Gasteiger partial charge >= 0.3 is 0 Å². The first-order valence-electron chi connectivity index (χ1n) is 9.45. The summed E-state index contributed by atoms with van der Waals surface area (Å²) in [5.74, 6) is -0.421. The monoisotopic (exact) mass is 424 g/mol. The van der Waals surface area contributed by atoms with Crippen LogP contribution in [0.2, 0.25) is 0 Å². The summed E-state index contributed by atoms with van der Waals surface area (Å²) in [7, 11) is -3.94. The Labute approximate surface area is 176 Å². The highest BCUT2D eigenvalue weighted by molar-refractivity contribution is 7.92. The molecule has 0 aliphatic rings. The quantitative estimate of drug-likeness (QED) is 0.630. The molecule has 0 unspecified atom stereocenters. The van der Waals surface area contributed by atoms with Crippen molar-refractivity contribution in [1.29, 1.82) is 0 Å². The zero-order valence-electron chi connectivity index (χ0n) is 17.2. The van der Waals surface area contributed by atoms with Gasteiger partial charge in [-0.25, -0.2) is 18.4 Å². The van der Waals surface area contributed by atoms with Crippen LogP contribution >= 0.6 is 0 Å². The van der Waals surface area contributed by atoms with Gasteiger partial charge in [-0.05, 0) is 50.1 Å². The molecule has 0 aliphatic carbocycles. The minimum absolute atomic E-state index is 0.137. The predicted octanol–water partition coefficient (Wildman–Crippen LogP) is 2.91. The van der Waals surface area contributed by atoms with Gasteiger partial charge in [0.25, 0.3) is 10.0 Å². The van der Waals surface area contributed by atoms with Crippen molar-refractivity contribution in [3.8, 4) is 0 Å². The van der Waals surface area contributed by atoms with E-state index in [4.69, 9.17) is 0 Å². The molecule has 0 atom stereocenters. The largest absolute Gasteiger partial charge is 0.350 e. The lowest BCUT2D eigenvalue weighted by Gasteiger charge is -2.26. The van der Waals surface area contributed by atoms with Gasteiger partial charge in [-0.15, -0.1) is 0 Å². The van der Waals surface area contributed by atoms with E-state index in [1.165, 1.54) is 6.33 Å². The molecule has 3 aromatic rings. The van der Waals surface area contributed by atoms with Crippen molar-refractivity contribution in [1.82, 2.24) is 15.3 Å². The number of hydrogen-bond donors (Lipinski definition) is 1. The van der Waals surface area contributed by atoms with Crippen molar-refractivity contribution < 1.29 is 13.2 Å². The second-order valence-electron chi connectivity index (χ2n) is 7.07. The van der Waals surface area contributed by atoms with Gasteiger partial charge in [0.05, 0.1) is 10.6 Å². The Morgan fingerprint density at radius 2 is 1.67 bits per heavy atom. The van der Waals surface area contributed by atoms with E-state index in [0.29, 0.717) is 5.69 Å². The molecule has 3 rings (SSSR count). The van der Waals surface area contributed by atoms with E-state index in [1.54, 1.807) is 48.8 Å². The third-order valence-corrected chi connectivity index (χ3v) is 6.62. The Hall–Kier alpha value is -3.26. The maximum Gasteiger partial charge on any atom is 0.264 e. The number of rotatable bonds is 7. The van der Waals surface area contributed by atoms with Crippen LogP contribution in [0.3, 0.4) is 0 Å². The zero-order chi connectivity index (χ0) is 21.7. The van der Waals surface area contributed by atoms with E-state index in [-0.39, 0.29) is 18.0 Å². The minimum Gasteiger partial charge on any atom is -0.350 e. The molecule has 0 radical (unpaired) electrons. The van der Waals surface area contributed by atoms with Crippen LogP contribution in [0.15, 0.2) is 66.1 Å². The Morgan fingerprint density at radius 3 is 2.33 bits per heavy atom. The summed E-state index contributed by atoms with van der Waals surface area (Å²) in [6.07, 6.45) is 4.60. The second-order valence-corrected chi connectivity index (χ2v) is 8.93. The van der Waals surface area contributed by atoms with E-state index in [1.807, 2.05) is 26.8 Å². The number of anilines is 1. The number of carbonyl (C=O) groups is 1. The maximum absolute atomic E-state index is 13.4. The number of carbonyl (C=O) groups excluding carboxylic acids is 1. The molecule has 0 aliphatic heterocycles. The van der Waals surface area contributed by atoms with Crippen molar-refractivity contribution in [3.63, 3.8) is 0 Å². The average Bonchev–Trinajstić information content (AvgIpc) is 2.74. The third kappa shape index (κ3) is 4.83. The fraction of sp³-hybridized carbons (Fsp3) is 0.227. The molecule has 1 N–H and O–H groups in total. The second kappa shape index (κ2) is 9.04. The Morgan fingerprint density at radius 1 is 1.00 bits per heavy atom. The highest BCUT2D eigenvalue weighted by Crippen LogP contribution is 2.28. The van der Waals surface area contributed by atoms with Crippen molar-refractivity contribution in [2.45, 2.75) is 32.2 Å². The van der Waals surface area contributed by atoms with Crippen molar-refractivity contribution >= 4 is 21.6 Å². The molecule has 2 aromatic carbocycles. The standard InChI is InChI=1S/C22H24N4O3S/c1-16-7-9-20(10-8-16)30(28,29)26(21-6-4-5-17(2)18(21)3)14-22(27)25-13-19-11-23-15-24-12-19/h4-12,15H,13-14H2,1-3H3,(H,25,27). The van der Waals surface area contributed by atoms with Crippen LogP contribution in [-0.2, 0) is 21.4 Å². The normalized spacial score (nSPS) is 11.2. The maximum atomic E-state index is 13.4. The lowest BCUT2D eigenvalue weighted by atomic mass is 10.1. The molecule has 0 spiro atoms. The van der Waals surface area contributed by atoms with Gasteiger partial charge in [-0.3, -0.25) is 9.10 Å². The fourth-order valence-electron chi connectivity index (χ4n) is 2.95. The number of nitrogens with one attached hydrogen (secondary N) is 1. The highest BCUT2D eigenvalue weighted by Gasteiger charge is 2.28. The first kappa shape index (κ1) is 21.4. The van der Waals surface area contributed by atoms with Gasteiger partial charge in [-0.2, -0.15) is 0 Å². The van der Waals surface area contributed by atoms with Gasteiger partial charge in [0, 0.05) is 24.5 Å². The molecule has 30 heavy (non-hydrogen) atoms. The average molecular weight is 425 g/mol. The molecule has 1 amide bonds. The summed E-state index contributed by atoms with van der Waals surface area (Å²) in [5.41, 5.74) is 3.91. The van der Waals surface area contributed by atoms with Gasteiger partial charge in [0.15, 0.2) is 0 Å². The topological polar surface area (TPSA) is 92.3 Å². The van der Waals surface area contributed by atoms with Crippen LogP contribution in [0.5, 0.6) is 0 Å². The first-order valence-corrected chi connectivity index (χ1v) is 10.9. The van der Waals surface area contributed by atoms with Crippen molar-refractivity contribution in [2.75, 3.05) is 10.8 Å². The third-order valence-electron chi connectivity index (χ3n) is 4.84. The molecule has 1 aromatic heterocycles. The fourth-order valence-corrected chi connectivity index (χ4v) is 4.43. The molecular weight excluding hydrogens is 400 g/mol. The summed E-state index contributed by atoms with van der Waals surface area (Å²) >= 11 is 0. The lowest BCUT2D eigenvalue weighted by Crippen LogP contribution is -2.41. The Bertz CT molecular complexity index is 1130. The summed E-state index contributed by atoms with van der Waals surface area (Å²) < 4.78 is 28.1. The number of hydrogen-bond acceptors (Lipinski definition) is 5. The lowest BCUT2D eigenvalue weighted by molar-refractivity contribution is -0.119. The van der Waals surface area contributed by atoms with E-state index >= 15 is 0 Å². The van der Waals surface area contributed by atoms with E-state index < -0.39 is 15.9 Å². The molecule has 8 heteroatoms. The van der Waals surface area contributed by atoms with Crippen molar-refractivity contribution in [3.05, 3.63) is 83.4 Å². The molecule has 156 valence electrons.